The molecular weight excluding hydrogens is 242 g/mol. The minimum absolute atomic E-state index is 0.218. The molecule has 0 saturated carbocycles. The molecule has 0 saturated heterocycles. The van der Waals surface area contributed by atoms with Gasteiger partial charge in [-0.05, 0) is 25.0 Å². The van der Waals surface area contributed by atoms with E-state index >= 15 is 0 Å². The zero-order valence-corrected chi connectivity index (χ0v) is 12.1. The van der Waals surface area contributed by atoms with Gasteiger partial charge in [-0.3, -0.25) is 0 Å². The lowest BCUT2D eigenvalue weighted by Gasteiger charge is -2.26. The number of methoxy groups -OCH3 is 1. The molecule has 0 radical (unpaired) electrons. The third kappa shape index (κ3) is 5.09. The van der Waals surface area contributed by atoms with E-state index in [0.717, 1.165) is 24.3 Å². The van der Waals surface area contributed by atoms with Crippen molar-refractivity contribution in [2.75, 3.05) is 26.9 Å². The summed E-state index contributed by atoms with van der Waals surface area (Å²) in [5.74, 6) is 1.47. The summed E-state index contributed by atoms with van der Waals surface area (Å²) in [5.41, 5.74) is 5.93. The Bertz CT molecular complexity index is 364. The Morgan fingerprint density at radius 1 is 1.05 bits per heavy atom. The lowest BCUT2D eigenvalue weighted by Crippen LogP contribution is -2.43. The van der Waals surface area contributed by atoms with Crippen molar-refractivity contribution in [3.63, 3.8) is 0 Å². The van der Waals surface area contributed by atoms with E-state index in [1.807, 2.05) is 24.3 Å². The molecule has 0 aliphatic rings. The maximum atomic E-state index is 6.15. The number of benzene rings is 1. The number of nitrogens with two attached hydrogens (primary N) is 1. The summed E-state index contributed by atoms with van der Waals surface area (Å²) < 4.78 is 16.4. The molecule has 1 aromatic rings. The summed E-state index contributed by atoms with van der Waals surface area (Å²) in [6, 6.07) is 7.57. The molecular formula is C15H25NO3. The Morgan fingerprint density at radius 3 is 2.26 bits per heavy atom. The maximum Gasteiger partial charge on any atom is 0.161 e. The lowest BCUT2D eigenvalue weighted by atomic mass is 9.96. The van der Waals surface area contributed by atoms with Crippen LogP contribution in [0.5, 0.6) is 11.5 Å². The van der Waals surface area contributed by atoms with Crippen molar-refractivity contribution in [2.45, 2.75) is 32.2 Å². The number of rotatable bonds is 9. The van der Waals surface area contributed by atoms with Crippen molar-refractivity contribution in [1.29, 1.82) is 0 Å². The smallest absolute Gasteiger partial charge is 0.161 e. The van der Waals surface area contributed by atoms with Crippen molar-refractivity contribution < 1.29 is 14.2 Å². The van der Waals surface area contributed by atoms with Crippen LogP contribution in [-0.4, -0.2) is 32.5 Å². The topological polar surface area (TPSA) is 53.7 Å². The predicted molar refractivity (Wildman–Crippen MR) is 76.8 cm³/mol. The van der Waals surface area contributed by atoms with Crippen LogP contribution in [0.3, 0.4) is 0 Å². The van der Waals surface area contributed by atoms with Gasteiger partial charge in [-0.25, -0.2) is 0 Å². The monoisotopic (exact) mass is 267 g/mol. The second kappa shape index (κ2) is 8.02. The van der Waals surface area contributed by atoms with Crippen LogP contribution in [0.25, 0.3) is 0 Å². The number of para-hydroxylation sites is 2. The SMILES string of the molecule is CCC(N)(CC)COCCOc1ccccc1OC. The molecule has 0 spiro atoms. The maximum absolute atomic E-state index is 6.15. The molecule has 0 aliphatic heterocycles. The highest BCUT2D eigenvalue weighted by Crippen LogP contribution is 2.25. The zero-order valence-electron chi connectivity index (χ0n) is 12.1. The molecule has 1 aromatic carbocycles. The van der Waals surface area contributed by atoms with Crippen LogP contribution in [0.2, 0.25) is 0 Å². The summed E-state index contributed by atoms with van der Waals surface area (Å²) in [7, 11) is 1.63. The van der Waals surface area contributed by atoms with Crippen LogP contribution in [0, 0.1) is 0 Å². The van der Waals surface area contributed by atoms with Gasteiger partial charge in [-0.2, -0.15) is 0 Å². The van der Waals surface area contributed by atoms with E-state index in [4.69, 9.17) is 19.9 Å². The van der Waals surface area contributed by atoms with Gasteiger partial charge >= 0.3 is 0 Å². The van der Waals surface area contributed by atoms with Crippen LogP contribution in [0.15, 0.2) is 24.3 Å². The van der Waals surface area contributed by atoms with Crippen LogP contribution in [0.4, 0.5) is 0 Å². The van der Waals surface area contributed by atoms with Crippen molar-refractivity contribution in [3.05, 3.63) is 24.3 Å². The Kier molecular flexibility index (Phi) is 6.67. The quantitative estimate of drug-likeness (QED) is 0.699. The van der Waals surface area contributed by atoms with Gasteiger partial charge in [0.2, 0.25) is 0 Å². The highest BCUT2D eigenvalue weighted by Gasteiger charge is 2.19. The van der Waals surface area contributed by atoms with Crippen LogP contribution in [-0.2, 0) is 4.74 Å². The van der Waals surface area contributed by atoms with E-state index in [1.54, 1.807) is 7.11 Å². The summed E-state index contributed by atoms with van der Waals surface area (Å²) in [6.07, 6.45) is 1.83. The third-order valence-electron chi connectivity index (χ3n) is 3.35. The van der Waals surface area contributed by atoms with Gasteiger partial charge < -0.3 is 19.9 Å². The van der Waals surface area contributed by atoms with E-state index < -0.39 is 0 Å². The van der Waals surface area contributed by atoms with E-state index in [9.17, 15) is 0 Å². The molecule has 2 N–H and O–H groups in total. The van der Waals surface area contributed by atoms with Gasteiger partial charge in [-0.1, -0.05) is 26.0 Å². The highest BCUT2D eigenvalue weighted by atomic mass is 16.5. The Morgan fingerprint density at radius 2 is 1.68 bits per heavy atom. The Hall–Kier alpha value is -1.26. The fourth-order valence-corrected chi connectivity index (χ4v) is 1.68. The summed E-state index contributed by atoms with van der Waals surface area (Å²) in [5, 5.41) is 0. The third-order valence-corrected chi connectivity index (χ3v) is 3.35. The number of hydrogen-bond donors (Lipinski definition) is 1. The first-order chi connectivity index (χ1) is 9.15. The van der Waals surface area contributed by atoms with Crippen molar-refractivity contribution in [2.24, 2.45) is 5.73 Å². The first-order valence-electron chi connectivity index (χ1n) is 6.77. The van der Waals surface area contributed by atoms with Gasteiger partial charge in [0.05, 0.1) is 20.3 Å². The molecule has 19 heavy (non-hydrogen) atoms. The number of hydrogen-bond acceptors (Lipinski definition) is 4. The standard InChI is InChI=1S/C15H25NO3/c1-4-15(16,5-2)12-18-10-11-19-14-9-7-6-8-13(14)17-3/h6-9H,4-5,10-12,16H2,1-3H3. The molecule has 0 atom stereocenters. The average molecular weight is 267 g/mol. The predicted octanol–water partition coefficient (Wildman–Crippen LogP) is 2.61. The molecule has 0 aromatic heterocycles. The minimum Gasteiger partial charge on any atom is -0.493 e. The van der Waals surface area contributed by atoms with Gasteiger partial charge in [0, 0.05) is 5.54 Å². The van der Waals surface area contributed by atoms with Crippen molar-refractivity contribution in [3.8, 4) is 11.5 Å². The molecule has 0 fully saturated rings. The number of ether oxygens (including phenoxy) is 3. The average Bonchev–Trinajstić information content (AvgIpc) is 2.47. The Balaban J connectivity index is 2.28. The van der Waals surface area contributed by atoms with E-state index in [2.05, 4.69) is 13.8 Å². The zero-order chi connectivity index (χ0) is 14.1. The molecule has 0 heterocycles. The molecule has 0 unspecified atom stereocenters. The molecule has 0 amide bonds. The molecule has 1 rings (SSSR count). The summed E-state index contributed by atoms with van der Waals surface area (Å²) in [6.45, 7) is 5.74. The lowest BCUT2D eigenvalue weighted by molar-refractivity contribution is 0.0593. The molecule has 4 heteroatoms. The second-order valence-corrected chi connectivity index (χ2v) is 4.62. The second-order valence-electron chi connectivity index (χ2n) is 4.62. The van der Waals surface area contributed by atoms with Crippen LogP contribution < -0.4 is 15.2 Å². The first kappa shape index (κ1) is 15.8. The van der Waals surface area contributed by atoms with Crippen molar-refractivity contribution >= 4 is 0 Å². The van der Waals surface area contributed by atoms with E-state index in [0.29, 0.717) is 19.8 Å². The Labute approximate surface area is 115 Å². The summed E-state index contributed by atoms with van der Waals surface area (Å²) >= 11 is 0. The molecule has 0 aliphatic carbocycles. The summed E-state index contributed by atoms with van der Waals surface area (Å²) in [4.78, 5) is 0. The molecule has 108 valence electrons. The van der Waals surface area contributed by atoms with E-state index in [1.165, 1.54) is 0 Å². The van der Waals surface area contributed by atoms with Crippen molar-refractivity contribution in [1.82, 2.24) is 0 Å². The van der Waals surface area contributed by atoms with E-state index in [-0.39, 0.29) is 5.54 Å². The normalized spacial score (nSPS) is 11.4. The minimum atomic E-state index is -0.218. The molecule has 4 nitrogen and oxygen atoms in total. The van der Waals surface area contributed by atoms with Gasteiger partial charge in [0.25, 0.3) is 0 Å². The van der Waals surface area contributed by atoms with Crippen LogP contribution >= 0.6 is 0 Å². The molecule has 0 bridgehead atoms. The largest absolute Gasteiger partial charge is 0.493 e. The fraction of sp³-hybridized carbons (Fsp3) is 0.600. The first-order valence-corrected chi connectivity index (χ1v) is 6.77. The highest BCUT2D eigenvalue weighted by molar-refractivity contribution is 5.39. The van der Waals surface area contributed by atoms with Gasteiger partial charge in [-0.15, -0.1) is 0 Å². The van der Waals surface area contributed by atoms with Crippen LogP contribution in [0.1, 0.15) is 26.7 Å². The van der Waals surface area contributed by atoms with Gasteiger partial charge in [0.1, 0.15) is 6.61 Å². The fourth-order valence-electron chi connectivity index (χ4n) is 1.68. The van der Waals surface area contributed by atoms with Gasteiger partial charge in [0.15, 0.2) is 11.5 Å².